The highest BCUT2D eigenvalue weighted by atomic mass is 31.2. The molecule has 0 spiro atoms. The van der Waals surface area contributed by atoms with Gasteiger partial charge in [-0.15, -0.1) is 6.58 Å². The summed E-state index contributed by atoms with van der Waals surface area (Å²) >= 11 is 0. The second-order valence-electron chi connectivity index (χ2n) is 2.93. The minimum atomic E-state index is -3.31. The molecule has 13 heavy (non-hydrogen) atoms. The first-order chi connectivity index (χ1) is 6.22. The van der Waals surface area contributed by atoms with Gasteiger partial charge in [-0.05, 0) is 0 Å². The van der Waals surface area contributed by atoms with Crippen LogP contribution in [-0.4, -0.2) is 18.8 Å². The third-order valence-corrected chi connectivity index (χ3v) is 3.46. The first-order valence-electron chi connectivity index (χ1n) is 4.12. The number of fused-ring (bicyclic) bond motifs is 2. The van der Waals surface area contributed by atoms with E-state index in [9.17, 15) is 4.57 Å². The van der Waals surface area contributed by atoms with E-state index < -0.39 is 7.82 Å². The van der Waals surface area contributed by atoms with Gasteiger partial charge in [0.25, 0.3) is 0 Å². The van der Waals surface area contributed by atoms with E-state index in [-0.39, 0.29) is 18.8 Å². The highest BCUT2D eigenvalue weighted by Crippen LogP contribution is 2.56. The van der Waals surface area contributed by atoms with E-state index in [1.807, 2.05) is 6.08 Å². The molecule has 2 aliphatic rings. The Hall–Kier alpha value is -0.410. The second-order valence-corrected chi connectivity index (χ2v) is 4.50. The molecule has 1 saturated heterocycles. The Morgan fingerprint density at radius 1 is 1.54 bits per heavy atom. The van der Waals surface area contributed by atoms with Crippen LogP contribution in [0.5, 0.6) is 0 Å². The number of hydrogen-bond acceptors (Lipinski definition) is 4. The lowest BCUT2D eigenvalue weighted by Gasteiger charge is -2.29. The number of rotatable bonds is 1. The zero-order valence-corrected chi connectivity index (χ0v) is 7.98. The summed E-state index contributed by atoms with van der Waals surface area (Å²) in [5.41, 5.74) is 0. The van der Waals surface area contributed by atoms with Crippen LogP contribution in [0.1, 0.15) is 6.42 Å². The normalized spacial score (nSPS) is 44.0. The van der Waals surface area contributed by atoms with Crippen molar-refractivity contribution in [3.05, 3.63) is 24.8 Å². The quantitative estimate of drug-likeness (QED) is 0.482. The van der Waals surface area contributed by atoms with Gasteiger partial charge in [-0.1, -0.05) is 18.2 Å². The van der Waals surface area contributed by atoms with Gasteiger partial charge in [0.05, 0.1) is 18.8 Å². The van der Waals surface area contributed by atoms with Crippen LogP contribution >= 0.6 is 7.82 Å². The van der Waals surface area contributed by atoms with Crippen molar-refractivity contribution >= 4 is 7.82 Å². The Balaban J connectivity index is 2.22. The lowest BCUT2D eigenvalue weighted by Crippen LogP contribution is -2.25. The van der Waals surface area contributed by atoms with Gasteiger partial charge in [0.15, 0.2) is 0 Å². The number of phosphoric ester groups is 1. The second kappa shape index (κ2) is 3.39. The van der Waals surface area contributed by atoms with E-state index in [0.717, 1.165) is 0 Å². The Morgan fingerprint density at radius 3 is 3.15 bits per heavy atom. The van der Waals surface area contributed by atoms with E-state index in [1.165, 1.54) is 0 Å². The fourth-order valence-corrected chi connectivity index (χ4v) is 2.76. The Kier molecular flexibility index (Phi) is 2.39. The maximum Gasteiger partial charge on any atom is 0.476 e. The van der Waals surface area contributed by atoms with Crippen LogP contribution in [0.4, 0.5) is 0 Å². The van der Waals surface area contributed by atoms with E-state index >= 15 is 0 Å². The summed E-state index contributed by atoms with van der Waals surface area (Å²) < 4.78 is 26.9. The molecular formula is C8H11O4P. The molecule has 3 atom stereocenters. The van der Waals surface area contributed by atoms with E-state index in [2.05, 4.69) is 6.58 Å². The van der Waals surface area contributed by atoms with Gasteiger partial charge < -0.3 is 0 Å². The molecule has 2 bridgehead atoms. The zero-order chi connectivity index (χ0) is 9.31. The van der Waals surface area contributed by atoms with Crippen molar-refractivity contribution in [3.63, 3.8) is 0 Å². The predicted molar refractivity (Wildman–Crippen MR) is 47.3 cm³/mol. The molecule has 0 radical (unpaired) electrons. The molecule has 0 saturated carbocycles. The fraction of sp³-hybridized carbons (Fsp3) is 0.500. The predicted octanol–water partition coefficient (Wildman–Crippen LogP) is 2.04. The minimum Gasteiger partial charge on any atom is -0.283 e. The van der Waals surface area contributed by atoms with Crippen LogP contribution < -0.4 is 0 Å². The van der Waals surface area contributed by atoms with Crippen LogP contribution in [-0.2, 0) is 18.1 Å². The summed E-state index contributed by atoms with van der Waals surface area (Å²) in [7, 11) is -3.31. The molecule has 0 aromatic heterocycles. The average molecular weight is 202 g/mol. The lowest BCUT2D eigenvalue weighted by atomic mass is 10.1. The number of hydrogen-bond donors (Lipinski definition) is 0. The molecule has 2 heterocycles. The highest BCUT2D eigenvalue weighted by Gasteiger charge is 2.39. The first kappa shape index (κ1) is 9.16. The molecular weight excluding hydrogens is 191 g/mol. The maximum absolute atomic E-state index is 11.7. The van der Waals surface area contributed by atoms with Crippen molar-refractivity contribution in [1.29, 1.82) is 0 Å². The third kappa shape index (κ3) is 1.92. The summed E-state index contributed by atoms with van der Waals surface area (Å²) in [5, 5.41) is 0. The molecule has 2 aliphatic heterocycles. The van der Waals surface area contributed by atoms with Crippen molar-refractivity contribution in [1.82, 2.24) is 0 Å². The summed E-state index contributed by atoms with van der Waals surface area (Å²) in [4.78, 5) is 0. The van der Waals surface area contributed by atoms with Gasteiger partial charge in [-0.2, -0.15) is 0 Å². The SMILES string of the molecule is C=C[C@H]1C[C@H]2C=CCOP(=O)(O2)O1. The van der Waals surface area contributed by atoms with Gasteiger partial charge in [0.2, 0.25) is 0 Å². The standard InChI is InChI=1S/C8H11O4P/c1-2-7-6-8-4-3-5-10-13(9,11-7)12-8/h2-4,7-8H,1,5-6H2/t7-,8+,13?/m0/s1. The Labute approximate surface area is 76.8 Å². The lowest BCUT2D eigenvalue weighted by molar-refractivity contribution is 0.0318. The van der Waals surface area contributed by atoms with Gasteiger partial charge in [-0.3, -0.25) is 13.6 Å². The molecule has 2 rings (SSSR count). The Morgan fingerprint density at radius 2 is 2.38 bits per heavy atom. The average Bonchev–Trinajstić information content (AvgIpc) is 2.23. The summed E-state index contributed by atoms with van der Waals surface area (Å²) in [6.07, 6.45) is 5.48. The molecule has 5 heteroatoms. The smallest absolute Gasteiger partial charge is 0.283 e. The van der Waals surface area contributed by atoms with Crippen molar-refractivity contribution in [2.24, 2.45) is 0 Å². The van der Waals surface area contributed by atoms with Crippen molar-refractivity contribution < 1.29 is 18.1 Å². The van der Waals surface area contributed by atoms with Gasteiger partial charge >= 0.3 is 7.82 Å². The van der Waals surface area contributed by atoms with Gasteiger partial charge in [-0.25, -0.2) is 4.57 Å². The molecule has 4 nitrogen and oxygen atoms in total. The largest absolute Gasteiger partial charge is 0.476 e. The summed E-state index contributed by atoms with van der Waals surface area (Å²) in [6, 6.07) is 0. The van der Waals surface area contributed by atoms with Crippen LogP contribution in [0.2, 0.25) is 0 Å². The third-order valence-electron chi connectivity index (χ3n) is 1.94. The van der Waals surface area contributed by atoms with Gasteiger partial charge in [0.1, 0.15) is 0 Å². The van der Waals surface area contributed by atoms with E-state index in [1.54, 1.807) is 12.2 Å². The molecule has 0 aromatic carbocycles. The maximum atomic E-state index is 11.7. The first-order valence-corrected chi connectivity index (χ1v) is 5.58. The minimum absolute atomic E-state index is 0.176. The molecule has 0 aromatic rings. The summed E-state index contributed by atoms with van der Waals surface area (Å²) in [6.45, 7) is 3.87. The summed E-state index contributed by atoms with van der Waals surface area (Å²) in [5.74, 6) is 0. The van der Waals surface area contributed by atoms with Crippen molar-refractivity contribution in [2.75, 3.05) is 6.61 Å². The fourth-order valence-electron chi connectivity index (χ4n) is 1.33. The van der Waals surface area contributed by atoms with Crippen LogP contribution in [0, 0.1) is 0 Å². The number of phosphoric acid groups is 1. The molecule has 0 amide bonds. The monoisotopic (exact) mass is 202 g/mol. The van der Waals surface area contributed by atoms with Crippen LogP contribution in [0.15, 0.2) is 24.8 Å². The van der Waals surface area contributed by atoms with Crippen LogP contribution in [0.3, 0.4) is 0 Å². The van der Waals surface area contributed by atoms with Crippen molar-refractivity contribution in [3.8, 4) is 0 Å². The Bertz CT molecular complexity index is 286. The molecule has 0 aliphatic carbocycles. The van der Waals surface area contributed by atoms with E-state index in [4.69, 9.17) is 13.6 Å². The molecule has 1 fully saturated rings. The molecule has 72 valence electrons. The molecule has 0 N–H and O–H groups in total. The highest BCUT2D eigenvalue weighted by molar-refractivity contribution is 7.48. The van der Waals surface area contributed by atoms with Crippen molar-refractivity contribution in [2.45, 2.75) is 18.6 Å². The topological polar surface area (TPSA) is 44.8 Å². The van der Waals surface area contributed by atoms with E-state index in [0.29, 0.717) is 6.42 Å². The molecule has 1 unspecified atom stereocenters. The van der Waals surface area contributed by atoms with Crippen LogP contribution in [0.25, 0.3) is 0 Å². The zero-order valence-electron chi connectivity index (χ0n) is 7.09. The van der Waals surface area contributed by atoms with Gasteiger partial charge in [0, 0.05) is 6.42 Å².